The van der Waals surface area contributed by atoms with Gasteiger partial charge in [-0.1, -0.05) is 5.92 Å². The van der Waals surface area contributed by atoms with Crippen molar-refractivity contribution in [3.63, 3.8) is 0 Å². The van der Waals surface area contributed by atoms with E-state index in [0.717, 1.165) is 26.0 Å². The van der Waals surface area contributed by atoms with Crippen LogP contribution in [0.15, 0.2) is 0 Å². The second-order valence-corrected chi connectivity index (χ2v) is 4.22. The van der Waals surface area contributed by atoms with Gasteiger partial charge in [0, 0.05) is 6.61 Å². The Morgan fingerprint density at radius 1 is 1.35 bits per heavy atom. The van der Waals surface area contributed by atoms with E-state index in [4.69, 9.17) is 11.2 Å². The van der Waals surface area contributed by atoms with Crippen LogP contribution in [0.3, 0.4) is 0 Å². The molecule has 1 amide bonds. The van der Waals surface area contributed by atoms with Crippen molar-refractivity contribution in [1.82, 2.24) is 10.6 Å². The molecule has 0 aliphatic rings. The van der Waals surface area contributed by atoms with Gasteiger partial charge in [-0.2, -0.15) is 0 Å². The summed E-state index contributed by atoms with van der Waals surface area (Å²) in [6.45, 7) is 7.75. The van der Waals surface area contributed by atoms with Crippen LogP contribution in [0.4, 0.5) is 0 Å². The lowest BCUT2D eigenvalue weighted by Gasteiger charge is -2.13. The van der Waals surface area contributed by atoms with E-state index in [1.807, 2.05) is 20.8 Å². The molecule has 4 nitrogen and oxygen atoms in total. The van der Waals surface area contributed by atoms with E-state index in [9.17, 15) is 4.79 Å². The van der Waals surface area contributed by atoms with Crippen LogP contribution in [-0.4, -0.2) is 37.7 Å². The van der Waals surface area contributed by atoms with Crippen LogP contribution < -0.4 is 10.6 Å². The zero-order valence-electron chi connectivity index (χ0n) is 11.1. The van der Waals surface area contributed by atoms with Gasteiger partial charge in [-0.25, -0.2) is 0 Å². The molecule has 4 heteroatoms. The predicted octanol–water partition coefficient (Wildman–Crippen LogP) is 0.919. The highest BCUT2D eigenvalue weighted by Gasteiger charge is 2.09. The molecule has 0 radical (unpaired) electrons. The van der Waals surface area contributed by atoms with Gasteiger partial charge in [-0.05, 0) is 40.2 Å². The largest absolute Gasteiger partial charge is 0.379 e. The van der Waals surface area contributed by atoms with Crippen molar-refractivity contribution in [3.05, 3.63) is 0 Å². The van der Waals surface area contributed by atoms with Crippen molar-refractivity contribution in [1.29, 1.82) is 0 Å². The quantitative estimate of drug-likeness (QED) is 0.465. The highest BCUT2D eigenvalue weighted by Crippen LogP contribution is 1.94. The van der Waals surface area contributed by atoms with Crippen molar-refractivity contribution in [2.45, 2.75) is 45.8 Å². The first-order valence-corrected chi connectivity index (χ1v) is 6.14. The van der Waals surface area contributed by atoms with Crippen LogP contribution in [-0.2, 0) is 9.53 Å². The lowest BCUT2D eigenvalue weighted by atomic mass is 10.2. The van der Waals surface area contributed by atoms with Crippen LogP contribution in [0.25, 0.3) is 0 Å². The van der Waals surface area contributed by atoms with Gasteiger partial charge in [0.2, 0.25) is 5.91 Å². The number of nitrogens with one attached hydrogen (secondary N) is 2. The third kappa shape index (κ3) is 9.86. The van der Waals surface area contributed by atoms with Crippen LogP contribution in [0.1, 0.15) is 33.6 Å². The molecule has 0 fully saturated rings. The number of unbranched alkanes of at least 4 members (excludes halogenated alkanes) is 1. The summed E-state index contributed by atoms with van der Waals surface area (Å²) in [4.78, 5) is 11.4. The Kier molecular flexibility index (Phi) is 9.50. The van der Waals surface area contributed by atoms with Gasteiger partial charge in [0.15, 0.2) is 0 Å². The number of hydrogen-bond donors (Lipinski definition) is 2. The normalized spacial score (nSPS) is 12.2. The number of ether oxygens (including phenoxy) is 1. The second kappa shape index (κ2) is 10.1. The maximum Gasteiger partial charge on any atom is 0.237 e. The van der Waals surface area contributed by atoms with Crippen molar-refractivity contribution >= 4 is 5.91 Å². The number of carbonyl (C=O) groups excluding carboxylic acids is 1. The third-order valence-corrected chi connectivity index (χ3v) is 2.23. The summed E-state index contributed by atoms with van der Waals surface area (Å²) in [6, 6.07) is -0.200. The minimum Gasteiger partial charge on any atom is -0.379 e. The van der Waals surface area contributed by atoms with Gasteiger partial charge in [0.05, 0.1) is 18.7 Å². The first-order valence-electron chi connectivity index (χ1n) is 6.14. The smallest absolute Gasteiger partial charge is 0.237 e. The molecule has 0 rings (SSSR count). The number of terminal acetylenes is 1. The van der Waals surface area contributed by atoms with Crippen molar-refractivity contribution in [2.75, 3.05) is 19.7 Å². The molecule has 0 aromatic heterocycles. The van der Waals surface area contributed by atoms with Gasteiger partial charge < -0.3 is 15.4 Å². The molecule has 98 valence electrons. The number of amides is 1. The fourth-order valence-corrected chi connectivity index (χ4v) is 1.25. The second-order valence-electron chi connectivity index (χ2n) is 4.22. The summed E-state index contributed by atoms with van der Waals surface area (Å²) in [5.74, 6) is 2.32. The molecule has 0 aliphatic carbocycles. The first kappa shape index (κ1) is 16.0. The third-order valence-electron chi connectivity index (χ3n) is 2.23. The minimum absolute atomic E-state index is 0.0543. The van der Waals surface area contributed by atoms with Gasteiger partial charge >= 0.3 is 0 Å². The fourth-order valence-electron chi connectivity index (χ4n) is 1.25. The molecule has 0 heterocycles. The molecule has 17 heavy (non-hydrogen) atoms. The summed E-state index contributed by atoms with van der Waals surface area (Å²) < 4.78 is 5.42. The number of rotatable bonds is 9. The van der Waals surface area contributed by atoms with Crippen LogP contribution in [0.5, 0.6) is 0 Å². The van der Waals surface area contributed by atoms with Gasteiger partial charge in [-0.15, -0.1) is 6.42 Å². The highest BCUT2D eigenvalue weighted by atomic mass is 16.5. The fraction of sp³-hybridized carbons (Fsp3) is 0.769. The van der Waals surface area contributed by atoms with E-state index in [2.05, 4.69) is 16.6 Å². The van der Waals surface area contributed by atoms with E-state index in [-0.39, 0.29) is 24.6 Å². The predicted molar refractivity (Wildman–Crippen MR) is 69.6 cm³/mol. The van der Waals surface area contributed by atoms with E-state index in [1.165, 1.54) is 0 Å². The van der Waals surface area contributed by atoms with Crippen LogP contribution in [0, 0.1) is 12.3 Å². The number of carbonyl (C=O) groups is 1. The zero-order chi connectivity index (χ0) is 13.1. The molecule has 0 aliphatic heterocycles. The Balaban J connectivity index is 3.42. The molecular formula is C13H24N2O2. The monoisotopic (exact) mass is 240 g/mol. The highest BCUT2D eigenvalue weighted by molar-refractivity contribution is 5.81. The summed E-state index contributed by atoms with van der Waals surface area (Å²) in [5.41, 5.74) is 0. The summed E-state index contributed by atoms with van der Waals surface area (Å²) in [6.07, 6.45) is 7.35. The molecule has 0 bridgehead atoms. The van der Waals surface area contributed by atoms with Crippen molar-refractivity contribution in [2.24, 2.45) is 0 Å². The molecule has 1 atom stereocenters. The Hall–Kier alpha value is -1.05. The SMILES string of the molecule is C#CCNC(=O)C(C)NCCCCOC(C)C. The van der Waals surface area contributed by atoms with Crippen molar-refractivity contribution in [3.8, 4) is 12.3 Å². The lowest BCUT2D eigenvalue weighted by molar-refractivity contribution is -0.122. The van der Waals surface area contributed by atoms with Gasteiger partial charge in [0.1, 0.15) is 0 Å². The Labute approximate surface area is 104 Å². The molecule has 0 saturated heterocycles. The summed E-state index contributed by atoms with van der Waals surface area (Å²) in [5, 5.41) is 5.78. The maximum absolute atomic E-state index is 11.4. The molecule has 0 aromatic carbocycles. The lowest BCUT2D eigenvalue weighted by Crippen LogP contribution is -2.42. The van der Waals surface area contributed by atoms with Gasteiger partial charge in [-0.3, -0.25) is 4.79 Å². The standard InChI is InChI=1S/C13H24N2O2/c1-5-8-15-13(16)12(4)14-9-6-7-10-17-11(2)3/h1,11-12,14H,6-10H2,2-4H3,(H,15,16). The average Bonchev–Trinajstić information content (AvgIpc) is 2.29. The van der Waals surface area contributed by atoms with E-state index < -0.39 is 0 Å². The summed E-state index contributed by atoms with van der Waals surface area (Å²) in [7, 11) is 0. The molecular weight excluding hydrogens is 216 g/mol. The topological polar surface area (TPSA) is 50.4 Å². The molecule has 2 N–H and O–H groups in total. The van der Waals surface area contributed by atoms with E-state index in [1.54, 1.807) is 0 Å². The summed E-state index contributed by atoms with van der Waals surface area (Å²) >= 11 is 0. The van der Waals surface area contributed by atoms with E-state index >= 15 is 0 Å². The molecule has 0 spiro atoms. The van der Waals surface area contributed by atoms with E-state index in [0.29, 0.717) is 0 Å². The van der Waals surface area contributed by atoms with Gasteiger partial charge in [0.25, 0.3) is 0 Å². The van der Waals surface area contributed by atoms with Crippen LogP contribution in [0.2, 0.25) is 0 Å². The van der Waals surface area contributed by atoms with Crippen LogP contribution >= 0.6 is 0 Å². The Bertz CT molecular complexity index is 246. The first-order chi connectivity index (χ1) is 8.07. The zero-order valence-corrected chi connectivity index (χ0v) is 11.1. The Morgan fingerprint density at radius 2 is 2.06 bits per heavy atom. The maximum atomic E-state index is 11.4. The van der Waals surface area contributed by atoms with Crippen molar-refractivity contribution < 1.29 is 9.53 Å². The molecule has 0 aromatic rings. The molecule has 1 unspecified atom stereocenters. The minimum atomic E-state index is -0.200. The average molecular weight is 240 g/mol. The molecule has 0 saturated carbocycles. The number of hydrogen-bond acceptors (Lipinski definition) is 3. The Morgan fingerprint density at radius 3 is 2.65 bits per heavy atom.